The molecule has 1 aliphatic rings. The van der Waals surface area contributed by atoms with Crippen LogP contribution in [0.4, 0.5) is 0 Å². The highest BCUT2D eigenvalue weighted by molar-refractivity contribution is 6.23. The van der Waals surface area contributed by atoms with Gasteiger partial charge in [0.05, 0.1) is 6.04 Å². The lowest BCUT2D eigenvalue weighted by Crippen LogP contribution is -2.30. The molecule has 0 fully saturated rings. The first kappa shape index (κ1) is 12.7. The summed E-state index contributed by atoms with van der Waals surface area (Å²) >= 11 is 0. The fourth-order valence-corrected chi connectivity index (χ4v) is 2.71. The molecule has 0 saturated carbocycles. The van der Waals surface area contributed by atoms with Gasteiger partial charge in [0.2, 0.25) is 0 Å². The zero-order valence-corrected chi connectivity index (χ0v) is 11.5. The molecule has 1 amide bonds. The molecule has 0 saturated heterocycles. The summed E-state index contributed by atoms with van der Waals surface area (Å²) in [5.41, 5.74) is 4.20. The molecule has 1 unspecified atom stereocenters. The molecule has 2 aromatic carbocycles. The summed E-state index contributed by atoms with van der Waals surface area (Å²) in [5, 5.41) is 3.09. The normalized spacial score (nSPS) is 18.2. The quantitative estimate of drug-likeness (QED) is 0.905. The number of hydrogen-bond acceptors (Lipinski definition) is 1. The van der Waals surface area contributed by atoms with Crippen molar-refractivity contribution < 1.29 is 4.79 Å². The number of hydrogen-bond donors (Lipinski definition) is 1. The van der Waals surface area contributed by atoms with E-state index in [9.17, 15) is 4.79 Å². The lowest BCUT2D eigenvalue weighted by atomic mass is 9.96. The molecule has 0 aromatic heterocycles. The Morgan fingerprint density at radius 1 is 0.950 bits per heavy atom. The number of carbonyl (C=O) groups excluding carboxylic acids is 1. The second-order valence-corrected chi connectivity index (χ2v) is 5.14. The summed E-state index contributed by atoms with van der Waals surface area (Å²) < 4.78 is 0. The van der Waals surface area contributed by atoms with Crippen LogP contribution in [0.5, 0.6) is 0 Å². The maximum Gasteiger partial charge on any atom is 0.252 e. The molecule has 0 radical (unpaired) electrons. The van der Waals surface area contributed by atoms with E-state index in [0.717, 1.165) is 23.1 Å². The van der Waals surface area contributed by atoms with E-state index in [4.69, 9.17) is 0 Å². The predicted molar refractivity (Wildman–Crippen MR) is 81.1 cm³/mol. The lowest BCUT2D eigenvalue weighted by Gasteiger charge is -2.12. The van der Waals surface area contributed by atoms with Crippen molar-refractivity contribution in [1.82, 2.24) is 5.32 Å². The van der Waals surface area contributed by atoms with Crippen LogP contribution < -0.4 is 5.32 Å². The fourth-order valence-electron chi connectivity index (χ4n) is 2.71. The Morgan fingerprint density at radius 2 is 1.55 bits per heavy atom. The Bertz CT molecular complexity index is 644. The van der Waals surface area contributed by atoms with E-state index >= 15 is 0 Å². The molecule has 1 heterocycles. The summed E-state index contributed by atoms with van der Waals surface area (Å²) in [4.78, 5) is 12.2. The molecule has 100 valence electrons. The second-order valence-electron chi connectivity index (χ2n) is 5.14. The van der Waals surface area contributed by atoms with Gasteiger partial charge in [-0.1, -0.05) is 60.7 Å². The standard InChI is InChI=1S/C18H17NO/c1-13-16(12-14-8-4-2-5-9-14)19-18(20)17(13)15-10-6-3-7-11-15/h2-11,16H,12H2,1H3,(H,19,20). The first-order valence-corrected chi connectivity index (χ1v) is 6.86. The molecule has 1 N–H and O–H groups in total. The van der Waals surface area contributed by atoms with Gasteiger partial charge in [0, 0.05) is 5.57 Å². The molecule has 2 nitrogen and oxygen atoms in total. The number of carbonyl (C=O) groups is 1. The summed E-state index contributed by atoms with van der Waals surface area (Å²) in [6.07, 6.45) is 0.842. The van der Waals surface area contributed by atoms with Crippen molar-refractivity contribution in [3.8, 4) is 0 Å². The molecular formula is C18H17NO. The third kappa shape index (κ3) is 2.37. The van der Waals surface area contributed by atoms with Crippen LogP contribution in [0.15, 0.2) is 66.2 Å². The van der Waals surface area contributed by atoms with Crippen LogP contribution in [0, 0.1) is 0 Å². The van der Waals surface area contributed by atoms with E-state index in [-0.39, 0.29) is 11.9 Å². The predicted octanol–water partition coefficient (Wildman–Crippen LogP) is 3.20. The molecular weight excluding hydrogens is 246 g/mol. The van der Waals surface area contributed by atoms with Crippen molar-refractivity contribution in [3.63, 3.8) is 0 Å². The molecule has 1 aliphatic heterocycles. The number of rotatable bonds is 3. The highest BCUT2D eigenvalue weighted by atomic mass is 16.2. The van der Waals surface area contributed by atoms with Gasteiger partial charge in [0.1, 0.15) is 0 Å². The first-order chi connectivity index (χ1) is 9.75. The summed E-state index contributed by atoms with van der Waals surface area (Å²) in [7, 11) is 0. The van der Waals surface area contributed by atoms with E-state index in [1.165, 1.54) is 5.56 Å². The third-order valence-corrected chi connectivity index (χ3v) is 3.79. The summed E-state index contributed by atoms with van der Waals surface area (Å²) in [6, 6.07) is 20.2. The average molecular weight is 263 g/mol. The van der Waals surface area contributed by atoms with Gasteiger partial charge in [0.25, 0.3) is 5.91 Å². The van der Waals surface area contributed by atoms with E-state index in [0.29, 0.717) is 0 Å². The van der Waals surface area contributed by atoms with Crippen molar-refractivity contribution >= 4 is 11.5 Å². The average Bonchev–Trinajstić information content (AvgIpc) is 2.75. The van der Waals surface area contributed by atoms with Crippen LogP contribution in [0.25, 0.3) is 5.57 Å². The molecule has 0 bridgehead atoms. The largest absolute Gasteiger partial charge is 0.345 e. The molecule has 2 aromatic rings. The van der Waals surface area contributed by atoms with Crippen LogP contribution in [0.1, 0.15) is 18.1 Å². The van der Waals surface area contributed by atoms with Gasteiger partial charge in [-0.25, -0.2) is 0 Å². The van der Waals surface area contributed by atoms with Gasteiger partial charge in [-0.15, -0.1) is 0 Å². The van der Waals surface area contributed by atoms with Gasteiger partial charge in [-0.05, 0) is 30.0 Å². The smallest absolute Gasteiger partial charge is 0.252 e. The minimum Gasteiger partial charge on any atom is -0.345 e. The molecule has 3 rings (SSSR count). The van der Waals surface area contributed by atoms with E-state index in [1.54, 1.807) is 0 Å². The molecule has 1 atom stereocenters. The fraction of sp³-hybridized carbons (Fsp3) is 0.167. The van der Waals surface area contributed by atoms with E-state index in [2.05, 4.69) is 17.4 Å². The third-order valence-electron chi connectivity index (χ3n) is 3.79. The molecule has 2 heteroatoms. The second kappa shape index (κ2) is 5.33. The Kier molecular flexibility index (Phi) is 3.38. The zero-order chi connectivity index (χ0) is 13.9. The van der Waals surface area contributed by atoms with E-state index < -0.39 is 0 Å². The number of amides is 1. The Balaban J connectivity index is 1.89. The van der Waals surface area contributed by atoms with Gasteiger partial charge in [-0.3, -0.25) is 4.79 Å². The Hall–Kier alpha value is -2.35. The highest BCUT2D eigenvalue weighted by Gasteiger charge is 2.29. The maximum absolute atomic E-state index is 12.2. The van der Waals surface area contributed by atoms with Crippen LogP contribution in [-0.4, -0.2) is 11.9 Å². The highest BCUT2D eigenvalue weighted by Crippen LogP contribution is 2.27. The van der Waals surface area contributed by atoms with Crippen LogP contribution in [-0.2, 0) is 11.2 Å². The van der Waals surface area contributed by atoms with Crippen LogP contribution in [0.3, 0.4) is 0 Å². The van der Waals surface area contributed by atoms with Crippen molar-refractivity contribution in [1.29, 1.82) is 0 Å². The Morgan fingerprint density at radius 3 is 2.20 bits per heavy atom. The van der Waals surface area contributed by atoms with Crippen molar-refractivity contribution in [2.75, 3.05) is 0 Å². The van der Waals surface area contributed by atoms with Gasteiger partial charge >= 0.3 is 0 Å². The van der Waals surface area contributed by atoms with E-state index in [1.807, 2.05) is 55.5 Å². The van der Waals surface area contributed by atoms with Gasteiger partial charge in [-0.2, -0.15) is 0 Å². The lowest BCUT2D eigenvalue weighted by molar-refractivity contribution is -0.115. The molecule has 0 spiro atoms. The number of benzene rings is 2. The van der Waals surface area contributed by atoms with Crippen LogP contribution in [0.2, 0.25) is 0 Å². The van der Waals surface area contributed by atoms with Crippen LogP contribution >= 0.6 is 0 Å². The zero-order valence-electron chi connectivity index (χ0n) is 11.5. The maximum atomic E-state index is 12.2. The summed E-state index contributed by atoms with van der Waals surface area (Å²) in [6.45, 7) is 2.05. The molecule has 20 heavy (non-hydrogen) atoms. The minimum absolute atomic E-state index is 0.0367. The first-order valence-electron chi connectivity index (χ1n) is 6.86. The van der Waals surface area contributed by atoms with Crippen molar-refractivity contribution in [2.24, 2.45) is 0 Å². The number of nitrogens with one attached hydrogen (secondary N) is 1. The minimum atomic E-state index is 0.0367. The SMILES string of the molecule is CC1=C(c2ccccc2)C(=O)NC1Cc1ccccc1. The molecule has 0 aliphatic carbocycles. The summed E-state index contributed by atoms with van der Waals surface area (Å²) in [5.74, 6) is 0.0367. The van der Waals surface area contributed by atoms with Crippen molar-refractivity contribution in [2.45, 2.75) is 19.4 Å². The van der Waals surface area contributed by atoms with Gasteiger partial charge < -0.3 is 5.32 Å². The van der Waals surface area contributed by atoms with Gasteiger partial charge in [0.15, 0.2) is 0 Å². The topological polar surface area (TPSA) is 29.1 Å². The monoisotopic (exact) mass is 263 g/mol. The Labute approximate surface area is 119 Å². The van der Waals surface area contributed by atoms with Crippen molar-refractivity contribution in [3.05, 3.63) is 77.4 Å².